The molecule has 2 N–H and O–H groups in total. The average molecular weight is 142 g/mol. The fourth-order valence-corrected chi connectivity index (χ4v) is 0.460. The van der Waals surface area contributed by atoms with Crippen LogP contribution >= 0.6 is 0 Å². The monoisotopic (exact) mass is 142 g/mol. The Morgan fingerprint density at radius 2 is 2.70 bits per heavy atom. The van der Waals surface area contributed by atoms with Gasteiger partial charge < -0.3 is 14.8 Å². The topological polar surface area (TPSA) is 75.2 Å². The van der Waals surface area contributed by atoms with Gasteiger partial charge in [-0.15, -0.1) is 0 Å². The Morgan fingerprint density at radius 3 is 3.20 bits per heavy atom. The van der Waals surface area contributed by atoms with E-state index in [1.807, 2.05) is 0 Å². The number of aromatic nitrogens is 2. The first-order valence-electron chi connectivity index (χ1n) is 2.63. The number of rotatable bonds is 3. The summed E-state index contributed by atoms with van der Waals surface area (Å²) in [5.41, 5.74) is 0. The molecule has 1 aromatic heterocycles. The van der Waals surface area contributed by atoms with Crippen LogP contribution in [0.3, 0.4) is 0 Å². The highest BCUT2D eigenvalue weighted by atomic mass is 16.5. The fourth-order valence-electron chi connectivity index (χ4n) is 0.460. The van der Waals surface area contributed by atoms with Crippen LogP contribution in [0.5, 0.6) is 6.01 Å². The van der Waals surface area contributed by atoms with Crippen LogP contribution in [0.25, 0.3) is 0 Å². The third-order valence-corrected chi connectivity index (χ3v) is 0.805. The number of carbonyl (C=O) groups is 1. The van der Waals surface area contributed by atoms with Crippen molar-refractivity contribution >= 4 is 5.97 Å². The molecular weight excluding hydrogens is 136 g/mol. The van der Waals surface area contributed by atoms with E-state index in [-0.39, 0.29) is 12.6 Å². The van der Waals surface area contributed by atoms with E-state index in [0.29, 0.717) is 0 Å². The molecule has 0 saturated carbocycles. The summed E-state index contributed by atoms with van der Waals surface area (Å²) in [6.07, 6.45) is 3.04. The molecule has 0 aliphatic rings. The molecule has 0 spiro atoms. The van der Waals surface area contributed by atoms with Crippen LogP contribution in [0.2, 0.25) is 0 Å². The Bertz CT molecular complexity index is 207. The Hall–Kier alpha value is -1.52. The first kappa shape index (κ1) is 6.60. The molecule has 1 heterocycles. The van der Waals surface area contributed by atoms with Crippen LogP contribution in [0, 0.1) is 0 Å². The number of aromatic amines is 1. The number of ether oxygens (including phenoxy) is 1. The van der Waals surface area contributed by atoms with Gasteiger partial charge in [-0.2, -0.15) is 0 Å². The molecular formula is C5H6N2O3. The van der Waals surface area contributed by atoms with Crippen molar-refractivity contribution in [3.8, 4) is 6.01 Å². The Labute approximate surface area is 56.7 Å². The maximum absolute atomic E-state index is 9.93. The molecule has 10 heavy (non-hydrogen) atoms. The van der Waals surface area contributed by atoms with Gasteiger partial charge in [-0.1, -0.05) is 0 Å². The molecule has 1 rings (SSSR count). The van der Waals surface area contributed by atoms with Gasteiger partial charge in [-0.3, -0.25) is 0 Å². The molecule has 0 saturated heterocycles. The van der Waals surface area contributed by atoms with Crippen LogP contribution < -0.4 is 4.74 Å². The number of hydrogen-bond donors (Lipinski definition) is 2. The molecule has 0 amide bonds. The molecule has 0 unspecified atom stereocenters. The predicted octanol–water partition coefficient (Wildman–Crippen LogP) is -0.127. The number of hydrogen-bond acceptors (Lipinski definition) is 3. The van der Waals surface area contributed by atoms with Crippen molar-refractivity contribution in [2.45, 2.75) is 0 Å². The molecule has 1 aromatic rings. The minimum atomic E-state index is -1.02. The number of carboxylic acid groups (broad SMARTS) is 1. The first-order valence-corrected chi connectivity index (χ1v) is 2.63. The van der Waals surface area contributed by atoms with Gasteiger partial charge in [0.1, 0.15) is 0 Å². The molecule has 5 nitrogen and oxygen atoms in total. The average Bonchev–Trinajstić information content (AvgIpc) is 2.34. The third kappa shape index (κ3) is 1.77. The quantitative estimate of drug-likeness (QED) is 0.616. The Kier molecular flexibility index (Phi) is 1.89. The Morgan fingerprint density at radius 1 is 1.90 bits per heavy atom. The molecule has 54 valence electrons. The van der Waals surface area contributed by atoms with Gasteiger partial charge >= 0.3 is 5.97 Å². The van der Waals surface area contributed by atoms with Gasteiger partial charge in [0.15, 0.2) is 6.61 Å². The minimum Gasteiger partial charge on any atom is -0.479 e. The summed E-state index contributed by atoms with van der Waals surface area (Å²) in [7, 11) is 0. The molecule has 0 aliphatic carbocycles. The number of imidazole rings is 1. The number of nitrogens with one attached hydrogen (secondary N) is 1. The number of nitrogens with zero attached hydrogens (tertiary/aromatic N) is 1. The van der Waals surface area contributed by atoms with E-state index in [4.69, 9.17) is 5.11 Å². The molecule has 0 bridgehead atoms. The van der Waals surface area contributed by atoms with Gasteiger partial charge in [-0.25, -0.2) is 9.78 Å². The number of carboxylic acids is 1. The van der Waals surface area contributed by atoms with Gasteiger partial charge in [0, 0.05) is 12.4 Å². The normalized spacial score (nSPS) is 9.20. The summed E-state index contributed by atoms with van der Waals surface area (Å²) in [6, 6.07) is 0.224. The zero-order valence-corrected chi connectivity index (χ0v) is 5.07. The van der Waals surface area contributed by atoms with E-state index in [0.717, 1.165) is 0 Å². The summed E-state index contributed by atoms with van der Waals surface area (Å²) in [5.74, 6) is -1.02. The summed E-state index contributed by atoms with van der Waals surface area (Å²) in [6.45, 7) is -0.368. The SMILES string of the molecule is O=C(O)COc1ncc[nH]1. The van der Waals surface area contributed by atoms with Gasteiger partial charge in [-0.05, 0) is 0 Å². The smallest absolute Gasteiger partial charge is 0.341 e. The van der Waals surface area contributed by atoms with Crippen molar-refractivity contribution in [2.24, 2.45) is 0 Å². The second kappa shape index (κ2) is 2.86. The second-order valence-corrected chi connectivity index (χ2v) is 1.58. The summed E-state index contributed by atoms with van der Waals surface area (Å²) >= 11 is 0. The molecule has 0 aromatic carbocycles. The highest BCUT2D eigenvalue weighted by Gasteiger charge is 1.98. The van der Waals surface area contributed by atoms with E-state index in [1.54, 1.807) is 6.20 Å². The summed E-state index contributed by atoms with van der Waals surface area (Å²) in [4.78, 5) is 16.2. The first-order chi connectivity index (χ1) is 4.79. The minimum absolute atomic E-state index is 0.224. The van der Waals surface area contributed by atoms with Gasteiger partial charge in [0.2, 0.25) is 0 Å². The second-order valence-electron chi connectivity index (χ2n) is 1.58. The van der Waals surface area contributed by atoms with E-state index in [2.05, 4.69) is 14.7 Å². The lowest BCUT2D eigenvalue weighted by Gasteiger charge is -1.94. The number of H-pyrrole nitrogens is 1. The zero-order valence-electron chi connectivity index (χ0n) is 5.07. The van der Waals surface area contributed by atoms with Crippen LogP contribution in [0.15, 0.2) is 12.4 Å². The van der Waals surface area contributed by atoms with Crippen molar-refractivity contribution in [3.63, 3.8) is 0 Å². The van der Waals surface area contributed by atoms with Crippen LogP contribution in [-0.4, -0.2) is 27.7 Å². The van der Waals surface area contributed by atoms with Crippen molar-refractivity contribution < 1.29 is 14.6 Å². The van der Waals surface area contributed by atoms with E-state index < -0.39 is 5.97 Å². The molecule has 0 aliphatic heterocycles. The summed E-state index contributed by atoms with van der Waals surface area (Å²) < 4.78 is 4.64. The van der Waals surface area contributed by atoms with E-state index in [1.165, 1.54) is 6.20 Å². The maximum Gasteiger partial charge on any atom is 0.341 e. The van der Waals surface area contributed by atoms with Crippen molar-refractivity contribution in [2.75, 3.05) is 6.61 Å². The van der Waals surface area contributed by atoms with Crippen molar-refractivity contribution in [1.29, 1.82) is 0 Å². The molecule has 0 radical (unpaired) electrons. The van der Waals surface area contributed by atoms with Crippen LogP contribution in [-0.2, 0) is 4.79 Å². The highest BCUT2D eigenvalue weighted by molar-refractivity contribution is 5.68. The lowest BCUT2D eigenvalue weighted by molar-refractivity contribution is -0.139. The fraction of sp³-hybridized carbons (Fsp3) is 0.200. The third-order valence-electron chi connectivity index (χ3n) is 0.805. The van der Waals surface area contributed by atoms with Crippen molar-refractivity contribution in [1.82, 2.24) is 9.97 Å². The van der Waals surface area contributed by atoms with Crippen LogP contribution in [0.1, 0.15) is 0 Å². The van der Waals surface area contributed by atoms with E-state index in [9.17, 15) is 4.79 Å². The molecule has 0 atom stereocenters. The number of aliphatic carboxylic acids is 1. The zero-order chi connectivity index (χ0) is 7.40. The summed E-state index contributed by atoms with van der Waals surface area (Å²) in [5, 5.41) is 8.15. The Balaban J connectivity index is 2.35. The molecule has 0 fully saturated rings. The van der Waals surface area contributed by atoms with E-state index >= 15 is 0 Å². The largest absolute Gasteiger partial charge is 0.479 e. The maximum atomic E-state index is 9.93. The standard InChI is InChI=1S/C5H6N2O3/c8-4(9)3-10-5-6-1-2-7-5/h1-2H,3H2,(H,6,7)(H,8,9). The lowest BCUT2D eigenvalue weighted by Crippen LogP contribution is -2.09. The van der Waals surface area contributed by atoms with Gasteiger partial charge in [0.05, 0.1) is 0 Å². The molecule has 5 heteroatoms. The highest BCUT2D eigenvalue weighted by Crippen LogP contribution is 1.96. The van der Waals surface area contributed by atoms with Crippen molar-refractivity contribution in [3.05, 3.63) is 12.4 Å². The lowest BCUT2D eigenvalue weighted by atomic mass is 10.7. The van der Waals surface area contributed by atoms with Gasteiger partial charge in [0.25, 0.3) is 6.01 Å². The van der Waals surface area contributed by atoms with Crippen LogP contribution in [0.4, 0.5) is 0 Å². The predicted molar refractivity (Wildman–Crippen MR) is 31.7 cm³/mol.